The van der Waals surface area contributed by atoms with Gasteiger partial charge in [0, 0.05) is 37.5 Å². The SMILES string of the molecule is CC[C@H](C)[C@H](NC(=O)[C@@H]1CS[C@H]2c3ccccc3C(=O)N12)C(=O)N1CCN(C)CC1. The maximum absolute atomic E-state index is 13.3. The molecule has 4 rings (SSSR count). The molecule has 162 valence electrons. The van der Waals surface area contributed by atoms with Gasteiger partial charge in [0.1, 0.15) is 17.5 Å². The minimum Gasteiger partial charge on any atom is -0.342 e. The molecule has 0 bridgehead atoms. The van der Waals surface area contributed by atoms with Gasteiger partial charge in [0.2, 0.25) is 11.8 Å². The van der Waals surface area contributed by atoms with Crippen LogP contribution >= 0.6 is 11.8 Å². The van der Waals surface area contributed by atoms with Gasteiger partial charge in [-0.3, -0.25) is 14.4 Å². The molecule has 2 saturated heterocycles. The van der Waals surface area contributed by atoms with Crippen molar-refractivity contribution in [3.8, 4) is 0 Å². The highest BCUT2D eigenvalue weighted by atomic mass is 32.2. The molecule has 0 unspecified atom stereocenters. The first-order chi connectivity index (χ1) is 14.4. The number of likely N-dealkylation sites (N-methyl/N-ethyl adjacent to an activating group) is 1. The molecule has 1 N–H and O–H groups in total. The van der Waals surface area contributed by atoms with E-state index in [2.05, 4.69) is 17.3 Å². The normalized spacial score (nSPS) is 25.6. The summed E-state index contributed by atoms with van der Waals surface area (Å²) in [5.41, 5.74) is 1.66. The summed E-state index contributed by atoms with van der Waals surface area (Å²) < 4.78 is 0. The third kappa shape index (κ3) is 3.71. The van der Waals surface area contributed by atoms with Crippen LogP contribution in [0.4, 0.5) is 0 Å². The molecule has 3 amide bonds. The Morgan fingerprint density at radius 2 is 1.90 bits per heavy atom. The zero-order valence-corrected chi connectivity index (χ0v) is 18.7. The molecule has 3 aliphatic heterocycles. The third-order valence-corrected chi connectivity index (χ3v) is 7.89. The van der Waals surface area contributed by atoms with Gasteiger partial charge in [0.25, 0.3) is 5.91 Å². The van der Waals surface area contributed by atoms with E-state index < -0.39 is 12.1 Å². The zero-order valence-electron chi connectivity index (χ0n) is 17.8. The van der Waals surface area contributed by atoms with Crippen LogP contribution in [0, 0.1) is 5.92 Å². The molecule has 8 heteroatoms. The molecule has 1 aromatic carbocycles. The number of carbonyl (C=O) groups is 3. The van der Waals surface area contributed by atoms with E-state index in [1.54, 1.807) is 16.7 Å². The number of nitrogens with zero attached hydrogens (tertiary/aromatic N) is 3. The van der Waals surface area contributed by atoms with E-state index in [1.807, 2.05) is 43.0 Å². The van der Waals surface area contributed by atoms with Crippen LogP contribution in [0.15, 0.2) is 24.3 Å². The Hall–Kier alpha value is -2.06. The molecule has 0 aliphatic carbocycles. The Kier molecular flexibility index (Phi) is 6.06. The Morgan fingerprint density at radius 1 is 1.20 bits per heavy atom. The van der Waals surface area contributed by atoms with Crippen LogP contribution in [0.1, 0.15) is 41.6 Å². The average molecular weight is 431 g/mol. The van der Waals surface area contributed by atoms with Gasteiger partial charge in [-0.25, -0.2) is 0 Å². The van der Waals surface area contributed by atoms with E-state index in [-0.39, 0.29) is 29.0 Å². The topological polar surface area (TPSA) is 73.0 Å². The van der Waals surface area contributed by atoms with Crippen LogP contribution in [0.3, 0.4) is 0 Å². The lowest BCUT2D eigenvalue weighted by atomic mass is 9.97. The van der Waals surface area contributed by atoms with Crippen LogP contribution in [0.5, 0.6) is 0 Å². The monoisotopic (exact) mass is 430 g/mol. The molecular formula is C22H30N4O3S. The van der Waals surface area contributed by atoms with Crippen molar-refractivity contribution < 1.29 is 14.4 Å². The van der Waals surface area contributed by atoms with Gasteiger partial charge < -0.3 is 20.0 Å². The van der Waals surface area contributed by atoms with E-state index in [4.69, 9.17) is 0 Å². The smallest absolute Gasteiger partial charge is 0.256 e. The second-order valence-electron chi connectivity index (χ2n) is 8.50. The number of amides is 3. The number of benzene rings is 1. The molecule has 3 aliphatic rings. The van der Waals surface area contributed by atoms with E-state index in [9.17, 15) is 14.4 Å². The van der Waals surface area contributed by atoms with Gasteiger partial charge in [0.05, 0.1) is 0 Å². The third-order valence-electron chi connectivity index (χ3n) is 6.59. The highest BCUT2D eigenvalue weighted by Gasteiger charge is 2.49. The van der Waals surface area contributed by atoms with E-state index in [0.717, 1.165) is 25.1 Å². The standard InChI is InChI=1S/C22H30N4O3S/c1-4-14(2)18(21(29)25-11-9-24(3)10-12-25)23-19(27)17-13-30-22-16-8-6-5-7-15(16)20(28)26(17)22/h5-8,14,17-18,22H,4,9-13H2,1-3H3,(H,23,27)/t14-,17-,18-,22-/m0/s1. The summed E-state index contributed by atoms with van der Waals surface area (Å²) in [4.78, 5) is 45.2. The highest BCUT2D eigenvalue weighted by Crippen LogP contribution is 2.48. The lowest BCUT2D eigenvalue weighted by molar-refractivity contribution is -0.140. The predicted molar refractivity (Wildman–Crippen MR) is 117 cm³/mol. The molecule has 0 spiro atoms. The Morgan fingerprint density at radius 3 is 2.60 bits per heavy atom. The van der Waals surface area contributed by atoms with Crippen molar-refractivity contribution in [2.24, 2.45) is 5.92 Å². The van der Waals surface area contributed by atoms with Gasteiger partial charge in [-0.2, -0.15) is 0 Å². The van der Waals surface area contributed by atoms with Gasteiger partial charge in [0.15, 0.2) is 0 Å². The summed E-state index contributed by atoms with van der Waals surface area (Å²) in [5.74, 6) is 0.249. The fraction of sp³-hybridized carbons (Fsp3) is 0.591. The molecule has 0 radical (unpaired) electrons. The fourth-order valence-electron chi connectivity index (χ4n) is 4.40. The number of nitrogens with one attached hydrogen (secondary N) is 1. The first-order valence-corrected chi connectivity index (χ1v) is 11.8. The molecule has 1 aromatic rings. The van der Waals surface area contributed by atoms with Crippen molar-refractivity contribution in [1.29, 1.82) is 0 Å². The number of hydrogen-bond acceptors (Lipinski definition) is 5. The summed E-state index contributed by atoms with van der Waals surface area (Å²) in [7, 11) is 2.05. The van der Waals surface area contributed by atoms with Crippen LogP contribution in [-0.2, 0) is 9.59 Å². The molecule has 3 heterocycles. The number of fused-ring (bicyclic) bond motifs is 3. The average Bonchev–Trinajstić information content (AvgIpc) is 3.32. The quantitative estimate of drug-likeness (QED) is 0.768. The summed E-state index contributed by atoms with van der Waals surface area (Å²) in [6.07, 6.45) is 0.792. The van der Waals surface area contributed by atoms with E-state index >= 15 is 0 Å². The van der Waals surface area contributed by atoms with Crippen molar-refractivity contribution in [3.05, 3.63) is 35.4 Å². The first kappa shape index (κ1) is 21.2. The van der Waals surface area contributed by atoms with Gasteiger partial charge in [-0.1, -0.05) is 38.5 Å². The van der Waals surface area contributed by atoms with Crippen molar-refractivity contribution in [3.63, 3.8) is 0 Å². The summed E-state index contributed by atoms with van der Waals surface area (Å²) in [6.45, 7) is 7.08. The van der Waals surface area contributed by atoms with Crippen molar-refractivity contribution >= 4 is 29.5 Å². The van der Waals surface area contributed by atoms with Crippen LogP contribution in [0.25, 0.3) is 0 Å². The zero-order chi connectivity index (χ0) is 21.4. The van der Waals surface area contributed by atoms with Crippen LogP contribution in [0.2, 0.25) is 0 Å². The predicted octanol–water partition coefficient (Wildman–Crippen LogP) is 1.56. The minimum absolute atomic E-state index is 0.0102. The van der Waals surface area contributed by atoms with E-state index in [1.165, 1.54) is 0 Å². The van der Waals surface area contributed by atoms with Crippen molar-refractivity contribution in [2.75, 3.05) is 39.0 Å². The molecule has 0 saturated carbocycles. The number of thioether (sulfide) groups is 1. The van der Waals surface area contributed by atoms with Crippen molar-refractivity contribution in [1.82, 2.24) is 20.0 Å². The second-order valence-corrected chi connectivity index (χ2v) is 9.61. The number of carbonyl (C=O) groups excluding carboxylic acids is 3. The number of rotatable bonds is 5. The summed E-state index contributed by atoms with van der Waals surface area (Å²) in [6, 6.07) is 6.46. The molecule has 0 aromatic heterocycles. The lowest BCUT2D eigenvalue weighted by Crippen LogP contribution is -2.58. The molecule has 7 nitrogen and oxygen atoms in total. The van der Waals surface area contributed by atoms with Crippen molar-refractivity contribution in [2.45, 2.75) is 37.7 Å². The molecular weight excluding hydrogens is 400 g/mol. The van der Waals surface area contributed by atoms with Gasteiger partial charge in [-0.15, -0.1) is 11.8 Å². The maximum atomic E-state index is 13.3. The molecule has 2 fully saturated rings. The summed E-state index contributed by atoms with van der Waals surface area (Å²) in [5, 5.41) is 2.92. The summed E-state index contributed by atoms with van der Waals surface area (Å²) >= 11 is 1.62. The van der Waals surface area contributed by atoms with E-state index in [0.29, 0.717) is 24.4 Å². The largest absolute Gasteiger partial charge is 0.342 e. The number of piperazine rings is 1. The molecule has 30 heavy (non-hydrogen) atoms. The maximum Gasteiger partial charge on any atom is 0.256 e. The fourth-order valence-corrected chi connectivity index (χ4v) is 5.86. The Balaban J connectivity index is 1.48. The molecule has 4 atom stereocenters. The van der Waals surface area contributed by atoms with Crippen LogP contribution in [-0.4, -0.2) is 83.5 Å². The van der Waals surface area contributed by atoms with Gasteiger partial charge >= 0.3 is 0 Å². The van der Waals surface area contributed by atoms with Gasteiger partial charge in [-0.05, 0) is 24.6 Å². The first-order valence-electron chi connectivity index (χ1n) is 10.7. The Labute approximate surface area is 182 Å². The Bertz CT molecular complexity index is 839. The number of hydrogen-bond donors (Lipinski definition) is 1. The highest BCUT2D eigenvalue weighted by molar-refractivity contribution is 7.99. The van der Waals surface area contributed by atoms with Crippen LogP contribution < -0.4 is 5.32 Å². The second kappa shape index (κ2) is 8.59. The minimum atomic E-state index is -0.560. The lowest BCUT2D eigenvalue weighted by Gasteiger charge is -2.36.